The smallest absolute Gasteiger partial charge is 0.170 e. The van der Waals surface area contributed by atoms with Gasteiger partial charge in [-0.3, -0.25) is 4.79 Å². The first-order chi connectivity index (χ1) is 6.79. The largest absolute Gasteiger partial charge is 0.296 e. The Morgan fingerprint density at radius 1 is 1.36 bits per heavy atom. The van der Waals surface area contributed by atoms with Crippen molar-refractivity contribution in [1.29, 1.82) is 0 Å². The van der Waals surface area contributed by atoms with Crippen molar-refractivity contribution in [2.24, 2.45) is 0 Å². The minimum absolute atomic E-state index is 0.435. The molecule has 3 nitrogen and oxygen atoms in total. The van der Waals surface area contributed by atoms with Crippen LogP contribution in [0.2, 0.25) is 0 Å². The van der Waals surface area contributed by atoms with Gasteiger partial charge in [0, 0.05) is 10.7 Å². The first-order valence-electron chi connectivity index (χ1n) is 4.06. The molecule has 1 aromatic carbocycles. The molecule has 0 amide bonds. The highest BCUT2D eigenvalue weighted by atomic mass is 79.9. The number of rotatable bonds is 2. The Morgan fingerprint density at radius 3 is 2.86 bits per heavy atom. The van der Waals surface area contributed by atoms with Crippen molar-refractivity contribution in [3.05, 3.63) is 46.7 Å². The number of carbonyl (C=O) groups is 1. The van der Waals surface area contributed by atoms with Gasteiger partial charge in [-0.05, 0) is 24.3 Å². The fourth-order valence-corrected chi connectivity index (χ4v) is 1.55. The van der Waals surface area contributed by atoms with Gasteiger partial charge in [-0.25, -0.2) is 4.68 Å². The number of hydrogen-bond donors (Lipinski definition) is 0. The Labute approximate surface area is 89.5 Å². The summed E-state index contributed by atoms with van der Waals surface area (Å²) in [6.45, 7) is 0. The molecule has 0 atom stereocenters. The predicted octanol–water partition coefficient (Wildman–Crippen LogP) is 2.45. The number of nitrogens with zero attached hydrogens (tertiary/aromatic N) is 2. The highest BCUT2D eigenvalue weighted by molar-refractivity contribution is 9.10. The van der Waals surface area contributed by atoms with E-state index in [0.29, 0.717) is 5.69 Å². The summed E-state index contributed by atoms with van der Waals surface area (Å²) in [7, 11) is 0. The third-order valence-electron chi connectivity index (χ3n) is 1.80. The Hall–Kier alpha value is -1.42. The van der Waals surface area contributed by atoms with E-state index in [1.54, 1.807) is 16.9 Å². The molecular weight excluding hydrogens is 244 g/mol. The maximum Gasteiger partial charge on any atom is 0.170 e. The maximum atomic E-state index is 10.4. The van der Waals surface area contributed by atoms with Crippen molar-refractivity contribution >= 4 is 22.2 Å². The molecule has 0 fully saturated rings. The summed E-state index contributed by atoms with van der Waals surface area (Å²) in [5.41, 5.74) is 1.36. The molecule has 0 aliphatic heterocycles. The maximum absolute atomic E-state index is 10.4. The van der Waals surface area contributed by atoms with Crippen molar-refractivity contribution in [3.63, 3.8) is 0 Å². The normalized spacial score (nSPS) is 10.1. The van der Waals surface area contributed by atoms with E-state index >= 15 is 0 Å². The van der Waals surface area contributed by atoms with Crippen LogP contribution in [0.25, 0.3) is 5.69 Å². The minimum Gasteiger partial charge on any atom is -0.296 e. The molecule has 0 saturated heterocycles. The van der Waals surface area contributed by atoms with E-state index in [9.17, 15) is 4.79 Å². The molecule has 0 aliphatic carbocycles. The molecule has 1 aromatic heterocycles. The quantitative estimate of drug-likeness (QED) is 0.768. The van der Waals surface area contributed by atoms with E-state index in [1.807, 2.05) is 24.3 Å². The monoisotopic (exact) mass is 250 g/mol. The molecule has 0 bridgehead atoms. The van der Waals surface area contributed by atoms with Crippen LogP contribution < -0.4 is 0 Å². The van der Waals surface area contributed by atoms with Crippen LogP contribution in [0.4, 0.5) is 0 Å². The summed E-state index contributed by atoms with van der Waals surface area (Å²) < 4.78 is 2.65. The van der Waals surface area contributed by atoms with E-state index in [0.717, 1.165) is 16.4 Å². The summed E-state index contributed by atoms with van der Waals surface area (Å²) in [5, 5.41) is 4.07. The lowest BCUT2D eigenvalue weighted by atomic mass is 10.3. The first-order valence-corrected chi connectivity index (χ1v) is 4.86. The molecule has 1 heterocycles. The molecule has 14 heavy (non-hydrogen) atoms. The average Bonchev–Trinajstić information content (AvgIpc) is 2.66. The van der Waals surface area contributed by atoms with Gasteiger partial charge in [0.1, 0.15) is 5.69 Å². The molecule has 0 saturated carbocycles. The molecule has 0 radical (unpaired) electrons. The first kappa shape index (κ1) is 9.15. The highest BCUT2D eigenvalue weighted by Crippen LogP contribution is 2.14. The molecule has 2 aromatic rings. The second-order valence-electron chi connectivity index (χ2n) is 2.78. The summed E-state index contributed by atoms with van der Waals surface area (Å²) >= 11 is 3.37. The third-order valence-corrected chi connectivity index (χ3v) is 2.30. The van der Waals surface area contributed by atoms with Crippen LogP contribution in [-0.4, -0.2) is 16.1 Å². The van der Waals surface area contributed by atoms with Crippen molar-refractivity contribution in [1.82, 2.24) is 9.78 Å². The van der Waals surface area contributed by atoms with Crippen LogP contribution in [-0.2, 0) is 0 Å². The number of carbonyl (C=O) groups excluding carboxylic acids is 1. The molecule has 2 rings (SSSR count). The summed E-state index contributed by atoms with van der Waals surface area (Å²) in [5.74, 6) is 0. The molecule has 4 heteroatoms. The van der Waals surface area contributed by atoms with Crippen molar-refractivity contribution < 1.29 is 4.79 Å². The molecular formula is C10H7BrN2O. The van der Waals surface area contributed by atoms with Gasteiger partial charge in [-0.2, -0.15) is 5.10 Å². The number of benzene rings is 1. The Bertz CT molecular complexity index is 465. The molecule has 0 N–H and O–H groups in total. The topological polar surface area (TPSA) is 34.9 Å². The predicted molar refractivity (Wildman–Crippen MR) is 56.7 cm³/mol. The van der Waals surface area contributed by atoms with Gasteiger partial charge in [-0.15, -0.1) is 0 Å². The molecule has 0 spiro atoms. The number of halogens is 1. The van der Waals surface area contributed by atoms with E-state index in [4.69, 9.17) is 0 Å². The lowest BCUT2D eigenvalue weighted by Gasteiger charge is -2.00. The fraction of sp³-hybridized carbons (Fsp3) is 0. The van der Waals surface area contributed by atoms with Crippen LogP contribution in [0.1, 0.15) is 10.5 Å². The number of aromatic nitrogens is 2. The zero-order valence-corrected chi connectivity index (χ0v) is 8.81. The molecule has 70 valence electrons. The Morgan fingerprint density at radius 2 is 2.21 bits per heavy atom. The van der Waals surface area contributed by atoms with E-state index in [1.165, 1.54) is 0 Å². The molecule has 0 unspecified atom stereocenters. The van der Waals surface area contributed by atoms with Gasteiger partial charge in [-0.1, -0.05) is 22.0 Å². The van der Waals surface area contributed by atoms with Gasteiger partial charge in [0.25, 0.3) is 0 Å². The standard InChI is InChI=1S/C10H7BrN2O/c11-8-2-1-3-10(6-8)13-5-4-9(7-14)12-13/h1-7H. The lowest BCUT2D eigenvalue weighted by Crippen LogP contribution is -1.95. The zero-order chi connectivity index (χ0) is 9.97. The van der Waals surface area contributed by atoms with Crippen LogP contribution in [0.5, 0.6) is 0 Å². The summed E-state index contributed by atoms with van der Waals surface area (Å²) in [4.78, 5) is 10.4. The fourth-order valence-electron chi connectivity index (χ4n) is 1.16. The van der Waals surface area contributed by atoms with Crippen LogP contribution in [0, 0.1) is 0 Å². The van der Waals surface area contributed by atoms with Crippen molar-refractivity contribution in [2.45, 2.75) is 0 Å². The van der Waals surface area contributed by atoms with Crippen molar-refractivity contribution in [3.8, 4) is 5.69 Å². The van der Waals surface area contributed by atoms with Crippen molar-refractivity contribution in [2.75, 3.05) is 0 Å². The van der Waals surface area contributed by atoms with E-state index in [-0.39, 0.29) is 0 Å². The van der Waals surface area contributed by atoms with Crippen LogP contribution >= 0.6 is 15.9 Å². The Balaban J connectivity index is 2.43. The van der Waals surface area contributed by atoms with Gasteiger partial charge in [0.2, 0.25) is 0 Å². The van der Waals surface area contributed by atoms with Gasteiger partial charge < -0.3 is 0 Å². The van der Waals surface area contributed by atoms with Crippen LogP contribution in [0.15, 0.2) is 41.0 Å². The lowest BCUT2D eigenvalue weighted by molar-refractivity contribution is 0.111. The minimum atomic E-state index is 0.435. The Kier molecular flexibility index (Phi) is 2.45. The van der Waals surface area contributed by atoms with Gasteiger partial charge in [0.05, 0.1) is 5.69 Å². The van der Waals surface area contributed by atoms with Crippen LogP contribution in [0.3, 0.4) is 0 Å². The second kappa shape index (κ2) is 3.75. The average molecular weight is 251 g/mol. The van der Waals surface area contributed by atoms with E-state index in [2.05, 4.69) is 21.0 Å². The third kappa shape index (κ3) is 1.75. The number of hydrogen-bond acceptors (Lipinski definition) is 2. The zero-order valence-electron chi connectivity index (χ0n) is 7.22. The second-order valence-corrected chi connectivity index (χ2v) is 3.70. The SMILES string of the molecule is O=Cc1ccn(-c2cccc(Br)c2)n1. The van der Waals surface area contributed by atoms with Gasteiger partial charge >= 0.3 is 0 Å². The summed E-state index contributed by atoms with van der Waals surface area (Å²) in [6, 6.07) is 9.39. The summed E-state index contributed by atoms with van der Waals surface area (Å²) in [6.07, 6.45) is 2.49. The molecule has 0 aliphatic rings. The van der Waals surface area contributed by atoms with Gasteiger partial charge in [0.15, 0.2) is 6.29 Å². The van der Waals surface area contributed by atoms with E-state index < -0.39 is 0 Å². The number of aldehydes is 1. The highest BCUT2D eigenvalue weighted by Gasteiger charge is 1.99.